The van der Waals surface area contributed by atoms with Crippen LogP contribution in [0.5, 0.6) is 5.75 Å². The Bertz CT molecular complexity index is 1220. The molecule has 6 heteroatoms. The fraction of sp³-hybridized carbons (Fsp3) is 0.240. The topological polar surface area (TPSA) is 69.0 Å². The average Bonchev–Trinajstić information content (AvgIpc) is 3.16. The Labute approximate surface area is 181 Å². The Morgan fingerprint density at radius 1 is 1.06 bits per heavy atom. The van der Waals surface area contributed by atoms with Crippen LogP contribution in [0.15, 0.2) is 60.8 Å². The molecule has 0 aliphatic rings. The number of hydrogen-bond acceptors (Lipinski definition) is 4. The van der Waals surface area contributed by atoms with Crippen LogP contribution >= 0.6 is 0 Å². The molecule has 0 unspecified atom stereocenters. The summed E-state index contributed by atoms with van der Waals surface area (Å²) >= 11 is 0. The molecule has 2 aromatic heterocycles. The molecule has 0 aliphatic heterocycles. The Hall–Kier alpha value is -3.67. The number of nitrogens with one attached hydrogen (secondary N) is 1. The van der Waals surface area contributed by atoms with Gasteiger partial charge in [0.2, 0.25) is 0 Å². The second kappa shape index (κ2) is 9.00. The number of carbonyl (C=O) groups excluding carboxylic acids is 1. The van der Waals surface area contributed by atoms with Gasteiger partial charge in [-0.3, -0.25) is 9.78 Å². The molecule has 2 heterocycles. The number of para-hydroxylation sites is 1. The van der Waals surface area contributed by atoms with E-state index in [1.165, 1.54) is 5.56 Å². The maximum Gasteiger partial charge on any atom is 0.253 e. The van der Waals surface area contributed by atoms with Crippen molar-refractivity contribution in [3.63, 3.8) is 0 Å². The molecule has 0 saturated carbocycles. The highest BCUT2D eigenvalue weighted by molar-refractivity contribution is 5.98. The Morgan fingerprint density at radius 3 is 2.65 bits per heavy atom. The lowest BCUT2D eigenvalue weighted by molar-refractivity contribution is 0.0952. The second-order valence-corrected chi connectivity index (χ2v) is 7.56. The van der Waals surface area contributed by atoms with Gasteiger partial charge in [-0.25, -0.2) is 4.68 Å². The molecule has 158 valence electrons. The molecule has 4 rings (SSSR count). The summed E-state index contributed by atoms with van der Waals surface area (Å²) in [7, 11) is 1.63. The molecule has 6 nitrogen and oxygen atoms in total. The Kier molecular flexibility index (Phi) is 5.98. The van der Waals surface area contributed by atoms with E-state index in [2.05, 4.69) is 21.6 Å². The summed E-state index contributed by atoms with van der Waals surface area (Å²) in [6.45, 7) is 4.47. The highest BCUT2D eigenvalue weighted by Crippen LogP contribution is 2.21. The standard InChI is InChI=1S/C25H26N4O2/c1-17-20(16-29(28-17)21-9-5-4-6-10-21)8-7-13-26-25(30)23-14-19-11-12-22(31-3)15-24(19)27-18(23)2/h4-6,9-12,14-16H,7-8,13H2,1-3H3,(H,26,30). The summed E-state index contributed by atoms with van der Waals surface area (Å²) in [5, 5.41) is 8.55. The number of rotatable bonds is 7. The van der Waals surface area contributed by atoms with Crippen LogP contribution in [0.4, 0.5) is 0 Å². The number of carbonyl (C=O) groups is 1. The molecule has 0 fully saturated rings. The fourth-order valence-corrected chi connectivity index (χ4v) is 3.63. The molecule has 2 aromatic carbocycles. The normalized spacial score (nSPS) is 10.9. The molecule has 31 heavy (non-hydrogen) atoms. The van der Waals surface area contributed by atoms with E-state index in [0.29, 0.717) is 17.8 Å². The van der Waals surface area contributed by atoms with E-state index in [4.69, 9.17) is 4.74 Å². The average molecular weight is 415 g/mol. The van der Waals surface area contributed by atoms with E-state index in [0.717, 1.165) is 40.9 Å². The molecule has 1 amide bonds. The third-order valence-electron chi connectivity index (χ3n) is 5.39. The van der Waals surface area contributed by atoms with Gasteiger partial charge in [0.05, 0.1) is 35.3 Å². The first kappa shape index (κ1) is 20.6. The largest absolute Gasteiger partial charge is 0.497 e. The minimum Gasteiger partial charge on any atom is -0.497 e. The number of pyridine rings is 1. The van der Waals surface area contributed by atoms with Crippen LogP contribution in [0, 0.1) is 13.8 Å². The monoisotopic (exact) mass is 414 g/mol. The third kappa shape index (κ3) is 4.58. The molecule has 0 atom stereocenters. The zero-order valence-electron chi connectivity index (χ0n) is 18.1. The summed E-state index contributed by atoms with van der Waals surface area (Å²) in [6.07, 6.45) is 3.76. The summed E-state index contributed by atoms with van der Waals surface area (Å²) in [5.41, 5.74) is 5.38. The lowest BCUT2D eigenvalue weighted by atomic mass is 10.1. The first-order valence-electron chi connectivity index (χ1n) is 10.4. The van der Waals surface area contributed by atoms with E-state index in [1.807, 2.05) is 73.1 Å². The number of fused-ring (bicyclic) bond motifs is 1. The number of hydrogen-bond donors (Lipinski definition) is 1. The van der Waals surface area contributed by atoms with E-state index < -0.39 is 0 Å². The number of amides is 1. The van der Waals surface area contributed by atoms with Crippen LogP contribution in [0.2, 0.25) is 0 Å². The van der Waals surface area contributed by atoms with Crippen molar-refractivity contribution in [1.29, 1.82) is 0 Å². The van der Waals surface area contributed by atoms with E-state index in [1.54, 1.807) is 7.11 Å². The Morgan fingerprint density at radius 2 is 1.87 bits per heavy atom. The van der Waals surface area contributed by atoms with E-state index >= 15 is 0 Å². The lowest BCUT2D eigenvalue weighted by Gasteiger charge is -2.09. The van der Waals surface area contributed by atoms with Crippen LogP contribution in [0.25, 0.3) is 16.6 Å². The predicted octanol–water partition coefficient (Wildman–Crippen LogP) is 4.41. The van der Waals surface area contributed by atoms with Crippen molar-refractivity contribution in [2.45, 2.75) is 26.7 Å². The highest BCUT2D eigenvalue weighted by Gasteiger charge is 2.12. The van der Waals surface area contributed by atoms with Gasteiger partial charge in [0, 0.05) is 24.2 Å². The van der Waals surface area contributed by atoms with Gasteiger partial charge in [0.15, 0.2) is 0 Å². The van der Waals surface area contributed by atoms with Crippen LogP contribution < -0.4 is 10.1 Å². The molecule has 0 radical (unpaired) electrons. The fourth-order valence-electron chi connectivity index (χ4n) is 3.63. The van der Waals surface area contributed by atoms with Gasteiger partial charge in [0.25, 0.3) is 5.91 Å². The van der Waals surface area contributed by atoms with Gasteiger partial charge in [0.1, 0.15) is 5.75 Å². The molecular formula is C25H26N4O2. The summed E-state index contributed by atoms with van der Waals surface area (Å²) in [4.78, 5) is 17.3. The molecule has 0 saturated heterocycles. The van der Waals surface area contributed by atoms with Gasteiger partial charge < -0.3 is 10.1 Å². The maximum absolute atomic E-state index is 12.7. The molecular weight excluding hydrogens is 388 g/mol. The first-order valence-corrected chi connectivity index (χ1v) is 10.4. The molecule has 1 N–H and O–H groups in total. The van der Waals surface area contributed by atoms with Crippen molar-refractivity contribution >= 4 is 16.8 Å². The van der Waals surface area contributed by atoms with Crippen molar-refractivity contribution in [3.8, 4) is 11.4 Å². The van der Waals surface area contributed by atoms with Crippen LogP contribution in [-0.4, -0.2) is 34.3 Å². The number of nitrogens with zero attached hydrogens (tertiary/aromatic N) is 3. The first-order chi connectivity index (χ1) is 15.0. The smallest absolute Gasteiger partial charge is 0.253 e. The number of benzene rings is 2. The maximum atomic E-state index is 12.7. The van der Waals surface area contributed by atoms with Crippen LogP contribution in [0.3, 0.4) is 0 Å². The lowest BCUT2D eigenvalue weighted by Crippen LogP contribution is -2.25. The van der Waals surface area contributed by atoms with E-state index in [-0.39, 0.29) is 5.91 Å². The van der Waals surface area contributed by atoms with Crippen molar-refractivity contribution < 1.29 is 9.53 Å². The number of aryl methyl sites for hydroxylation is 3. The van der Waals surface area contributed by atoms with Crippen molar-refractivity contribution in [1.82, 2.24) is 20.1 Å². The third-order valence-corrected chi connectivity index (χ3v) is 5.39. The highest BCUT2D eigenvalue weighted by atomic mass is 16.5. The summed E-state index contributed by atoms with van der Waals surface area (Å²) in [5.74, 6) is 0.655. The Balaban J connectivity index is 1.37. The second-order valence-electron chi connectivity index (χ2n) is 7.56. The van der Waals surface area contributed by atoms with Gasteiger partial charge >= 0.3 is 0 Å². The van der Waals surface area contributed by atoms with Crippen molar-refractivity contribution in [3.05, 3.63) is 83.3 Å². The van der Waals surface area contributed by atoms with Crippen LogP contribution in [0.1, 0.15) is 33.7 Å². The van der Waals surface area contributed by atoms with Crippen molar-refractivity contribution in [2.75, 3.05) is 13.7 Å². The van der Waals surface area contributed by atoms with Gasteiger partial charge in [-0.15, -0.1) is 0 Å². The van der Waals surface area contributed by atoms with Gasteiger partial charge in [-0.2, -0.15) is 5.10 Å². The van der Waals surface area contributed by atoms with E-state index in [9.17, 15) is 4.79 Å². The van der Waals surface area contributed by atoms with Gasteiger partial charge in [-0.1, -0.05) is 18.2 Å². The summed E-state index contributed by atoms with van der Waals surface area (Å²) in [6, 6.07) is 17.6. The molecule has 0 aliphatic carbocycles. The van der Waals surface area contributed by atoms with Crippen molar-refractivity contribution in [2.24, 2.45) is 0 Å². The number of aromatic nitrogens is 3. The molecule has 4 aromatic rings. The molecule has 0 bridgehead atoms. The zero-order valence-corrected chi connectivity index (χ0v) is 18.1. The quantitative estimate of drug-likeness (QED) is 0.455. The minimum atomic E-state index is -0.0978. The number of ether oxygens (including phenoxy) is 1. The molecule has 0 spiro atoms. The summed E-state index contributed by atoms with van der Waals surface area (Å²) < 4.78 is 7.16. The number of methoxy groups -OCH3 is 1. The SMILES string of the molecule is COc1ccc2cc(C(=O)NCCCc3cn(-c4ccccc4)nc3C)c(C)nc2c1. The predicted molar refractivity (Wildman–Crippen MR) is 122 cm³/mol. The zero-order chi connectivity index (χ0) is 21.8. The van der Waals surface area contributed by atoms with Crippen LogP contribution in [-0.2, 0) is 6.42 Å². The minimum absolute atomic E-state index is 0.0978. The van der Waals surface area contributed by atoms with Gasteiger partial charge in [-0.05, 0) is 62.6 Å².